The van der Waals surface area contributed by atoms with Gasteiger partial charge in [-0.2, -0.15) is 0 Å². The van der Waals surface area contributed by atoms with E-state index in [9.17, 15) is 9.59 Å². The predicted molar refractivity (Wildman–Crippen MR) is 80.2 cm³/mol. The average molecular weight is 286 g/mol. The van der Waals surface area contributed by atoms with Crippen molar-refractivity contribution < 1.29 is 14.7 Å². The zero-order valence-corrected chi connectivity index (χ0v) is 11.9. The molecule has 5 heteroatoms. The molecule has 0 amide bonds. The van der Waals surface area contributed by atoms with E-state index in [1.165, 1.54) is 0 Å². The SMILES string of the molecule is Cc1c(C(=O)CN)cc(-c2ccccc2)n1CCC(=O)O. The highest BCUT2D eigenvalue weighted by Gasteiger charge is 2.17. The minimum absolute atomic E-state index is 0.00556. The second-order valence-corrected chi connectivity index (χ2v) is 4.82. The summed E-state index contributed by atoms with van der Waals surface area (Å²) in [5.74, 6) is -1.01. The van der Waals surface area contributed by atoms with E-state index < -0.39 is 5.97 Å². The highest BCUT2D eigenvalue weighted by Crippen LogP contribution is 2.26. The van der Waals surface area contributed by atoms with Crippen molar-refractivity contribution in [2.45, 2.75) is 19.9 Å². The Balaban J connectivity index is 2.51. The summed E-state index contributed by atoms with van der Waals surface area (Å²) in [6.07, 6.45) is 0.00556. The Labute approximate surface area is 123 Å². The standard InChI is InChI=1S/C16H18N2O3/c1-11-13(15(19)10-17)9-14(12-5-3-2-4-6-12)18(11)8-7-16(20)21/h2-6,9H,7-8,10,17H2,1H3,(H,20,21). The van der Waals surface area contributed by atoms with Gasteiger partial charge in [-0.1, -0.05) is 30.3 Å². The summed E-state index contributed by atoms with van der Waals surface area (Å²) in [6, 6.07) is 11.4. The topological polar surface area (TPSA) is 85.3 Å². The van der Waals surface area contributed by atoms with Gasteiger partial charge in [0.15, 0.2) is 5.78 Å². The number of rotatable bonds is 6. The van der Waals surface area contributed by atoms with Crippen LogP contribution in [0.5, 0.6) is 0 Å². The third kappa shape index (κ3) is 3.20. The molecule has 0 radical (unpaired) electrons. The van der Waals surface area contributed by atoms with Crippen LogP contribution in [0.25, 0.3) is 11.3 Å². The fourth-order valence-electron chi connectivity index (χ4n) is 2.38. The van der Waals surface area contributed by atoms with Gasteiger partial charge in [-0.05, 0) is 18.6 Å². The molecule has 0 atom stereocenters. The number of nitrogens with two attached hydrogens (primary N) is 1. The van der Waals surface area contributed by atoms with Crippen molar-refractivity contribution in [1.82, 2.24) is 4.57 Å². The number of hydrogen-bond acceptors (Lipinski definition) is 3. The maximum absolute atomic E-state index is 11.9. The second kappa shape index (κ2) is 6.37. The Kier molecular flexibility index (Phi) is 4.55. The molecule has 1 aromatic carbocycles. The summed E-state index contributed by atoms with van der Waals surface area (Å²) >= 11 is 0. The fourth-order valence-corrected chi connectivity index (χ4v) is 2.38. The zero-order valence-electron chi connectivity index (χ0n) is 11.9. The summed E-state index contributed by atoms with van der Waals surface area (Å²) in [6.45, 7) is 2.08. The Bertz CT molecular complexity index is 660. The molecule has 0 saturated heterocycles. The number of carbonyl (C=O) groups is 2. The smallest absolute Gasteiger partial charge is 0.305 e. The molecule has 0 aliphatic heterocycles. The van der Waals surface area contributed by atoms with E-state index in [2.05, 4.69) is 0 Å². The molecule has 2 rings (SSSR count). The molecule has 0 bridgehead atoms. The van der Waals surface area contributed by atoms with Crippen LogP contribution in [0.3, 0.4) is 0 Å². The van der Waals surface area contributed by atoms with Crippen molar-refractivity contribution in [3.63, 3.8) is 0 Å². The molecule has 3 N–H and O–H groups in total. The van der Waals surface area contributed by atoms with Crippen LogP contribution < -0.4 is 5.73 Å². The monoisotopic (exact) mass is 286 g/mol. The Morgan fingerprint density at radius 2 is 1.90 bits per heavy atom. The van der Waals surface area contributed by atoms with Gasteiger partial charge < -0.3 is 15.4 Å². The van der Waals surface area contributed by atoms with Crippen LogP contribution >= 0.6 is 0 Å². The van der Waals surface area contributed by atoms with Crippen LogP contribution in [-0.2, 0) is 11.3 Å². The first kappa shape index (κ1) is 15.0. The Hall–Kier alpha value is -2.40. The van der Waals surface area contributed by atoms with Crippen LogP contribution in [0.4, 0.5) is 0 Å². The van der Waals surface area contributed by atoms with E-state index >= 15 is 0 Å². The first-order chi connectivity index (χ1) is 10.0. The lowest BCUT2D eigenvalue weighted by Crippen LogP contribution is -2.15. The van der Waals surface area contributed by atoms with Crippen LogP contribution in [0.2, 0.25) is 0 Å². The Morgan fingerprint density at radius 3 is 2.48 bits per heavy atom. The van der Waals surface area contributed by atoms with Crippen molar-refractivity contribution in [3.05, 3.63) is 47.7 Å². The molecule has 0 unspecified atom stereocenters. The lowest BCUT2D eigenvalue weighted by atomic mass is 10.1. The molecule has 0 aliphatic carbocycles. The summed E-state index contributed by atoms with van der Waals surface area (Å²) in [4.78, 5) is 22.7. The number of ketones is 1. The van der Waals surface area contributed by atoms with Crippen molar-refractivity contribution in [2.24, 2.45) is 5.73 Å². The van der Waals surface area contributed by atoms with E-state index in [-0.39, 0.29) is 18.7 Å². The molecule has 0 fully saturated rings. The average Bonchev–Trinajstić information content (AvgIpc) is 2.82. The van der Waals surface area contributed by atoms with Crippen molar-refractivity contribution in [1.29, 1.82) is 0 Å². The summed E-state index contributed by atoms with van der Waals surface area (Å²) in [7, 11) is 0. The predicted octanol–water partition coefficient (Wildman–Crippen LogP) is 2.08. The third-order valence-electron chi connectivity index (χ3n) is 3.47. The summed E-state index contributed by atoms with van der Waals surface area (Å²) < 4.78 is 1.87. The molecule has 0 saturated carbocycles. The molecule has 2 aromatic rings. The van der Waals surface area contributed by atoms with Gasteiger partial charge in [0.05, 0.1) is 13.0 Å². The van der Waals surface area contributed by atoms with Gasteiger partial charge >= 0.3 is 5.97 Å². The molecule has 5 nitrogen and oxygen atoms in total. The quantitative estimate of drug-likeness (QED) is 0.796. The molecule has 0 spiro atoms. The van der Waals surface area contributed by atoms with Crippen molar-refractivity contribution in [2.75, 3.05) is 6.54 Å². The number of Topliss-reactive ketones (excluding diaryl/α,β-unsaturated/α-hetero) is 1. The van der Waals surface area contributed by atoms with Gasteiger partial charge in [-0.3, -0.25) is 9.59 Å². The highest BCUT2D eigenvalue weighted by atomic mass is 16.4. The van der Waals surface area contributed by atoms with Crippen molar-refractivity contribution >= 4 is 11.8 Å². The molecule has 0 aliphatic rings. The lowest BCUT2D eigenvalue weighted by molar-refractivity contribution is -0.137. The Morgan fingerprint density at radius 1 is 1.24 bits per heavy atom. The van der Waals surface area contributed by atoms with E-state index in [4.69, 9.17) is 10.8 Å². The molecular formula is C16H18N2O3. The number of aliphatic carboxylic acids is 1. The summed E-state index contributed by atoms with van der Waals surface area (Å²) in [5, 5.41) is 8.89. The maximum atomic E-state index is 11.9. The maximum Gasteiger partial charge on any atom is 0.305 e. The van der Waals surface area contributed by atoms with Crippen LogP contribution in [-0.4, -0.2) is 28.0 Å². The first-order valence-corrected chi connectivity index (χ1v) is 6.75. The van der Waals surface area contributed by atoms with Crippen molar-refractivity contribution in [3.8, 4) is 11.3 Å². The van der Waals surface area contributed by atoms with E-state index in [0.717, 1.165) is 17.0 Å². The lowest BCUT2D eigenvalue weighted by Gasteiger charge is -2.10. The molecular weight excluding hydrogens is 268 g/mol. The van der Waals surface area contributed by atoms with Crippen LogP contribution in [0.1, 0.15) is 22.5 Å². The molecule has 21 heavy (non-hydrogen) atoms. The van der Waals surface area contributed by atoms with Crippen LogP contribution in [0.15, 0.2) is 36.4 Å². The molecule has 1 heterocycles. The zero-order chi connectivity index (χ0) is 15.4. The number of carboxylic acid groups (broad SMARTS) is 1. The summed E-state index contributed by atoms with van der Waals surface area (Å²) in [5.41, 5.74) is 8.54. The minimum Gasteiger partial charge on any atom is -0.481 e. The number of benzene rings is 1. The van der Waals surface area contributed by atoms with Gasteiger partial charge in [0.1, 0.15) is 0 Å². The third-order valence-corrected chi connectivity index (χ3v) is 3.47. The van der Waals surface area contributed by atoms with Crippen LogP contribution in [0, 0.1) is 6.92 Å². The fraction of sp³-hybridized carbons (Fsp3) is 0.250. The van der Waals surface area contributed by atoms with Gasteiger partial charge in [0.25, 0.3) is 0 Å². The largest absolute Gasteiger partial charge is 0.481 e. The number of hydrogen-bond donors (Lipinski definition) is 2. The van der Waals surface area contributed by atoms with Gasteiger partial charge in [0, 0.05) is 23.5 Å². The normalized spacial score (nSPS) is 10.6. The van der Waals surface area contributed by atoms with E-state index in [1.807, 2.05) is 41.8 Å². The second-order valence-electron chi connectivity index (χ2n) is 4.82. The van der Waals surface area contributed by atoms with Gasteiger partial charge in [0.2, 0.25) is 0 Å². The number of nitrogens with zero attached hydrogens (tertiary/aromatic N) is 1. The number of aromatic nitrogens is 1. The van der Waals surface area contributed by atoms with Gasteiger partial charge in [-0.15, -0.1) is 0 Å². The molecule has 1 aromatic heterocycles. The first-order valence-electron chi connectivity index (χ1n) is 6.75. The van der Waals surface area contributed by atoms with Gasteiger partial charge in [-0.25, -0.2) is 0 Å². The highest BCUT2D eigenvalue weighted by molar-refractivity contribution is 6.00. The molecule has 110 valence electrons. The minimum atomic E-state index is -0.867. The number of carboxylic acids is 1. The van der Waals surface area contributed by atoms with E-state index in [0.29, 0.717) is 12.1 Å². The number of carbonyl (C=O) groups excluding carboxylic acids is 1. The van der Waals surface area contributed by atoms with E-state index in [1.54, 1.807) is 6.07 Å².